The third-order valence-electron chi connectivity index (χ3n) is 5.18. The lowest BCUT2D eigenvalue weighted by Crippen LogP contribution is -2.36. The number of carbonyl (C=O) groups excluding carboxylic acids is 1. The third-order valence-corrected chi connectivity index (χ3v) is 5.18. The number of aromatic hydroxyl groups is 1. The van der Waals surface area contributed by atoms with E-state index < -0.39 is 11.3 Å². The van der Waals surface area contributed by atoms with Gasteiger partial charge in [0.05, 0.1) is 10.9 Å². The van der Waals surface area contributed by atoms with Crippen LogP contribution in [0.4, 0.5) is 4.39 Å². The molecule has 5 heteroatoms. The molecule has 0 saturated carbocycles. The molecule has 0 fully saturated rings. The minimum atomic E-state index is -0.939. The molecule has 1 heterocycles. The van der Waals surface area contributed by atoms with Crippen LogP contribution in [0.2, 0.25) is 0 Å². The van der Waals surface area contributed by atoms with Crippen LogP contribution in [-0.4, -0.2) is 15.6 Å². The summed E-state index contributed by atoms with van der Waals surface area (Å²) < 4.78 is 15.9. The van der Waals surface area contributed by atoms with E-state index in [2.05, 4.69) is 0 Å². The second-order valence-electron chi connectivity index (χ2n) is 7.87. The molecule has 0 atom stereocenters. The van der Waals surface area contributed by atoms with E-state index in [1.165, 1.54) is 6.07 Å². The number of carbonyl (C=O) groups is 1. The Balaban J connectivity index is 2.52. The maximum Gasteiger partial charge on any atom is 0.227 e. The van der Waals surface area contributed by atoms with Crippen molar-refractivity contribution in [2.75, 3.05) is 0 Å². The predicted octanol–water partition coefficient (Wildman–Crippen LogP) is 4.67. The fourth-order valence-corrected chi connectivity index (χ4v) is 3.67. The smallest absolute Gasteiger partial charge is 0.227 e. The summed E-state index contributed by atoms with van der Waals surface area (Å²) in [5.74, 6) is -0.524. The molecule has 3 rings (SSSR count). The van der Waals surface area contributed by atoms with Crippen LogP contribution in [0.1, 0.15) is 50.4 Å². The van der Waals surface area contributed by atoms with Crippen LogP contribution in [0.5, 0.6) is 5.75 Å². The molecular weight excluding hydrogens is 343 g/mol. The molecule has 3 aromatic rings. The minimum absolute atomic E-state index is 0.0681. The quantitative estimate of drug-likeness (QED) is 0.703. The van der Waals surface area contributed by atoms with Gasteiger partial charge in [0.2, 0.25) is 5.91 Å². The number of aryl methyl sites for hydroxylation is 1. The highest BCUT2D eigenvalue weighted by Gasteiger charge is 2.36. The van der Waals surface area contributed by atoms with Gasteiger partial charge < -0.3 is 15.4 Å². The lowest BCUT2D eigenvalue weighted by Gasteiger charge is -2.25. The summed E-state index contributed by atoms with van der Waals surface area (Å²) >= 11 is 0. The number of rotatable bonds is 4. The summed E-state index contributed by atoms with van der Waals surface area (Å²) in [4.78, 5) is 12.3. The number of benzene rings is 2. The van der Waals surface area contributed by atoms with E-state index in [4.69, 9.17) is 5.73 Å². The van der Waals surface area contributed by atoms with E-state index in [-0.39, 0.29) is 17.5 Å². The van der Waals surface area contributed by atoms with Gasteiger partial charge in [-0.15, -0.1) is 0 Å². The van der Waals surface area contributed by atoms with Gasteiger partial charge in [0, 0.05) is 16.8 Å². The third kappa shape index (κ3) is 2.97. The summed E-state index contributed by atoms with van der Waals surface area (Å²) in [6.07, 6.45) is 0. The number of halogens is 1. The zero-order valence-electron chi connectivity index (χ0n) is 16.3. The second-order valence-corrected chi connectivity index (χ2v) is 7.87. The number of nitrogens with two attached hydrogens (primary N) is 1. The van der Waals surface area contributed by atoms with Gasteiger partial charge in [-0.1, -0.05) is 13.8 Å². The average Bonchev–Trinajstić information content (AvgIpc) is 2.92. The fourth-order valence-electron chi connectivity index (χ4n) is 3.67. The summed E-state index contributed by atoms with van der Waals surface area (Å²) in [6, 6.07) is 10.0. The van der Waals surface area contributed by atoms with E-state index in [1.807, 2.05) is 24.5 Å². The minimum Gasteiger partial charge on any atom is -0.508 e. The van der Waals surface area contributed by atoms with Crippen molar-refractivity contribution in [2.45, 2.75) is 46.0 Å². The van der Waals surface area contributed by atoms with Gasteiger partial charge in [-0.25, -0.2) is 4.39 Å². The number of fused-ring (bicyclic) bond motifs is 1. The standard InChI is InChI=1S/C22H25FN2O2/c1-12(2)20-19(22(4,5)21(24)27)16-11-15(26)7-9-18(16)25(20)14-6-8-17(23)13(3)10-14/h6-12,26H,1-5H3,(H2,24,27). The van der Waals surface area contributed by atoms with Crippen LogP contribution in [0.15, 0.2) is 36.4 Å². The Kier molecular flexibility index (Phi) is 4.50. The van der Waals surface area contributed by atoms with Gasteiger partial charge in [-0.05, 0) is 74.2 Å². The first-order chi connectivity index (χ1) is 12.6. The normalized spacial score (nSPS) is 12.1. The summed E-state index contributed by atoms with van der Waals surface area (Å²) in [5, 5.41) is 10.8. The first kappa shape index (κ1) is 19.0. The Morgan fingerprint density at radius 2 is 1.85 bits per heavy atom. The molecule has 27 heavy (non-hydrogen) atoms. The topological polar surface area (TPSA) is 68.2 Å². The Hall–Kier alpha value is -2.82. The van der Waals surface area contributed by atoms with Crippen molar-refractivity contribution >= 4 is 16.8 Å². The van der Waals surface area contributed by atoms with Crippen LogP contribution >= 0.6 is 0 Å². The maximum atomic E-state index is 13.8. The molecule has 1 aromatic heterocycles. The fraction of sp³-hybridized carbons (Fsp3) is 0.318. The van der Waals surface area contributed by atoms with Gasteiger partial charge >= 0.3 is 0 Å². The number of phenolic OH excluding ortho intramolecular Hbond substituents is 1. The second kappa shape index (κ2) is 6.41. The molecule has 1 amide bonds. The Labute approximate surface area is 158 Å². The van der Waals surface area contributed by atoms with E-state index in [9.17, 15) is 14.3 Å². The van der Waals surface area contributed by atoms with Crippen molar-refractivity contribution < 1.29 is 14.3 Å². The zero-order valence-corrected chi connectivity index (χ0v) is 16.3. The number of hydrogen-bond acceptors (Lipinski definition) is 2. The molecule has 0 aliphatic heterocycles. The summed E-state index contributed by atoms with van der Waals surface area (Å²) in [7, 11) is 0. The molecule has 0 unspecified atom stereocenters. The molecule has 0 aliphatic rings. The molecular formula is C22H25FN2O2. The summed E-state index contributed by atoms with van der Waals surface area (Å²) in [6.45, 7) is 9.39. The highest BCUT2D eigenvalue weighted by molar-refractivity contribution is 5.97. The monoisotopic (exact) mass is 368 g/mol. The molecule has 0 saturated heterocycles. The molecule has 0 bridgehead atoms. The average molecular weight is 368 g/mol. The molecule has 142 valence electrons. The van der Waals surface area contributed by atoms with Gasteiger partial charge in [-0.3, -0.25) is 4.79 Å². The van der Waals surface area contributed by atoms with Gasteiger partial charge in [0.15, 0.2) is 0 Å². The summed E-state index contributed by atoms with van der Waals surface area (Å²) in [5.41, 5.74) is 8.69. The number of phenols is 1. The number of primary amides is 1. The van der Waals surface area contributed by atoms with E-state index in [0.29, 0.717) is 5.56 Å². The number of nitrogens with zero attached hydrogens (tertiary/aromatic N) is 1. The molecule has 0 aliphatic carbocycles. The predicted molar refractivity (Wildman–Crippen MR) is 106 cm³/mol. The van der Waals surface area contributed by atoms with Crippen LogP contribution < -0.4 is 5.73 Å². The largest absolute Gasteiger partial charge is 0.508 e. The lowest BCUT2D eigenvalue weighted by molar-refractivity contribution is -0.122. The van der Waals surface area contributed by atoms with Crippen molar-refractivity contribution in [2.24, 2.45) is 5.73 Å². The SMILES string of the molecule is Cc1cc(-n2c(C(C)C)c(C(C)(C)C(N)=O)c3cc(O)ccc32)ccc1F. The van der Waals surface area contributed by atoms with Crippen LogP contribution in [0, 0.1) is 12.7 Å². The number of amides is 1. The van der Waals surface area contributed by atoms with E-state index in [0.717, 1.165) is 27.8 Å². The molecule has 0 radical (unpaired) electrons. The Bertz CT molecular complexity index is 1050. The zero-order chi connectivity index (χ0) is 20.1. The van der Waals surface area contributed by atoms with Crippen molar-refractivity contribution in [3.63, 3.8) is 0 Å². The van der Waals surface area contributed by atoms with Crippen molar-refractivity contribution in [3.8, 4) is 11.4 Å². The molecule has 3 N–H and O–H groups in total. The Morgan fingerprint density at radius 3 is 2.41 bits per heavy atom. The van der Waals surface area contributed by atoms with Crippen molar-refractivity contribution in [3.05, 3.63) is 59.0 Å². The molecule has 4 nitrogen and oxygen atoms in total. The van der Waals surface area contributed by atoms with Crippen molar-refractivity contribution in [1.82, 2.24) is 4.57 Å². The number of aromatic nitrogens is 1. The van der Waals surface area contributed by atoms with Crippen LogP contribution in [0.25, 0.3) is 16.6 Å². The number of hydrogen-bond donors (Lipinski definition) is 2. The van der Waals surface area contributed by atoms with E-state index >= 15 is 0 Å². The molecule has 0 spiro atoms. The lowest BCUT2D eigenvalue weighted by atomic mass is 9.80. The maximum absolute atomic E-state index is 13.8. The Morgan fingerprint density at radius 1 is 1.19 bits per heavy atom. The first-order valence-corrected chi connectivity index (χ1v) is 9.00. The van der Waals surface area contributed by atoms with E-state index in [1.54, 1.807) is 45.0 Å². The highest BCUT2D eigenvalue weighted by Crippen LogP contribution is 2.42. The highest BCUT2D eigenvalue weighted by atomic mass is 19.1. The van der Waals surface area contributed by atoms with Gasteiger partial charge in [0.1, 0.15) is 11.6 Å². The van der Waals surface area contributed by atoms with Crippen LogP contribution in [-0.2, 0) is 10.2 Å². The molecule has 2 aromatic carbocycles. The van der Waals surface area contributed by atoms with Gasteiger partial charge in [-0.2, -0.15) is 0 Å². The van der Waals surface area contributed by atoms with Crippen molar-refractivity contribution in [1.29, 1.82) is 0 Å². The first-order valence-electron chi connectivity index (χ1n) is 9.00. The van der Waals surface area contributed by atoms with Crippen LogP contribution in [0.3, 0.4) is 0 Å². The van der Waals surface area contributed by atoms with Gasteiger partial charge in [0.25, 0.3) is 0 Å².